The van der Waals surface area contributed by atoms with Crippen molar-refractivity contribution in [3.05, 3.63) is 0 Å². The highest BCUT2D eigenvalue weighted by Gasteiger charge is 2.07. The molecule has 0 aromatic rings. The Morgan fingerprint density at radius 3 is 2.45 bits per heavy atom. The summed E-state index contributed by atoms with van der Waals surface area (Å²) in [5, 5.41) is 5.85. The van der Waals surface area contributed by atoms with E-state index >= 15 is 0 Å². The van der Waals surface area contributed by atoms with Gasteiger partial charge in [-0.1, -0.05) is 6.92 Å². The van der Waals surface area contributed by atoms with Crippen LogP contribution in [-0.2, 0) is 4.79 Å². The third kappa shape index (κ3) is 4.79. The standard InChI is InChI=1S/C8H18N2O/c1-4-7(9-3)6-8(11)10-5-2/h7,9H,4-6H2,1-3H3,(H,10,11)/t7-/m1/s1. The molecule has 0 aromatic carbocycles. The van der Waals surface area contributed by atoms with Crippen molar-refractivity contribution in [1.82, 2.24) is 10.6 Å². The van der Waals surface area contributed by atoms with E-state index in [-0.39, 0.29) is 5.91 Å². The maximum Gasteiger partial charge on any atom is 0.221 e. The molecule has 0 saturated heterocycles. The van der Waals surface area contributed by atoms with Crippen LogP contribution in [0.3, 0.4) is 0 Å². The minimum atomic E-state index is 0.133. The van der Waals surface area contributed by atoms with Gasteiger partial charge < -0.3 is 10.6 Å². The van der Waals surface area contributed by atoms with Crippen LogP contribution in [0.25, 0.3) is 0 Å². The van der Waals surface area contributed by atoms with Gasteiger partial charge in [-0.05, 0) is 20.4 Å². The molecule has 0 fully saturated rings. The Bertz CT molecular complexity index is 111. The van der Waals surface area contributed by atoms with Gasteiger partial charge in [0.25, 0.3) is 0 Å². The molecule has 3 heteroatoms. The lowest BCUT2D eigenvalue weighted by molar-refractivity contribution is -0.121. The van der Waals surface area contributed by atoms with E-state index in [1.54, 1.807) is 0 Å². The van der Waals surface area contributed by atoms with Crippen molar-refractivity contribution in [1.29, 1.82) is 0 Å². The Hall–Kier alpha value is -0.570. The summed E-state index contributed by atoms with van der Waals surface area (Å²) < 4.78 is 0. The summed E-state index contributed by atoms with van der Waals surface area (Å²) in [6.07, 6.45) is 1.58. The Labute approximate surface area is 68.6 Å². The molecule has 0 rings (SSSR count). The first-order valence-corrected chi connectivity index (χ1v) is 4.18. The molecule has 0 bridgehead atoms. The molecule has 0 aliphatic heterocycles. The van der Waals surface area contributed by atoms with Crippen LogP contribution >= 0.6 is 0 Å². The highest BCUT2D eigenvalue weighted by atomic mass is 16.1. The van der Waals surface area contributed by atoms with Crippen molar-refractivity contribution < 1.29 is 4.79 Å². The van der Waals surface area contributed by atoms with Crippen LogP contribution in [0.2, 0.25) is 0 Å². The van der Waals surface area contributed by atoms with E-state index in [1.165, 1.54) is 0 Å². The Kier molecular flexibility index (Phi) is 5.84. The molecular formula is C8H18N2O. The molecule has 0 aliphatic carbocycles. The van der Waals surface area contributed by atoms with Gasteiger partial charge in [0.1, 0.15) is 0 Å². The molecule has 3 nitrogen and oxygen atoms in total. The highest BCUT2D eigenvalue weighted by Crippen LogP contribution is 1.95. The fourth-order valence-electron chi connectivity index (χ4n) is 0.944. The van der Waals surface area contributed by atoms with Gasteiger partial charge in [0, 0.05) is 19.0 Å². The van der Waals surface area contributed by atoms with Crippen molar-refractivity contribution in [2.75, 3.05) is 13.6 Å². The normalized spacial score (nSPS) is 12.6. The predicted octanol–water partition coefficient (Wildman–Crippen LogP) is 0.511. The van der Waals surface area contributed by atoms with Crippen LogP contribution < -0.4 is 10.6 Å². The fourth-order valence-corrected chi connectivity index (χ4v) is 0.944. The summed E-state index contributed by atoms with van der Waals surface area (Å²) in [4.78, 5) is 11.0. The quantitative estimate of drug-likeness (QED) is 0.612. The third-order valence-corrected chi connectivity index (χ3v) is 1.71. The van der Waals surface area contributed by atoms with E-state index in [0.29, 0.717) is 12.5 Å². The van der Waals surface area contributed by atoms with Crippen molar-refractivity contribution in [3.63, 3.8) is 0 Å². The zero-order valence-corrected chi connectivity index (χ0v) is 7.61. The first-order valence-electron chi connectivity index (χ1n) is 4.18. The average Bonchev–Trinajstić information content (AvgIpc) is 2.01. The molecule has 1 amide bonds. The van der Waals surface area contributed by atoms with Gasteiger partial charge in [-0.25, -0.2) is 0 Å². The molecule has 0 radical (unpaired) electrons. The molecule has 0 unspecified atom stereocenters. The van der Waals surface area contributed by atoms with Gasteiger partial charge in [-0.15, -0.1) is 0 Å². The second-order valence-corrected chi connectivity index (χ2v) is 2.55. The highest BCUT2D eigenvalue weighted by molar-refractivity contribution is 5.76. The van der Waals surface area contributed by atoms with E-state index in [0.717, 1.165) is 13.0 Å². The Balaban J connectivity index is 3.54. The lowest BCUT2D eigenvalue weighted by Gasteiger charge is -2.12. The van der Waals surface area contributed by atoms with Gasteiger partial charge in [0.05, 0.1) is 0 Å². The SMILES string of the molecule is CCNC(=O)C[C@@H](CC)NC. The van der Waals surface area contributed by atoms with E-state index in [2.05, 4.69) is 17.6 Å². The average molecular weight is 158 g/mol. The first-order chi connectivity index (χ1) is 5.24. The van der Waals surface area contributed by atoms with Crippen LogP contribution in [0.1, 0.15) is 26.7 Å². The minimum absolute atomic E-state index is 0.133. The summed E-state index contributed by atoms with van der Waals surface area (Å²) >= 11 is 0. The van der Waals surface area contributed by atoms with Crippen LogP contribution in [0, 0.1) is 0 Å². The van der Waals surface area contributed by atoms with Gasteiger partial charge in [-0.3, -0.25) is 4.79 Å². The number of carbonyl (C=O) groups is 1. The summed E-state index contributed by atoms with van der Waals surface area (Å²) in [5.74, 6) is 0.133. The number of hydrogen-bond acceptors (Lipinski definition) is 2. The van der Waals surface area contributed by atoms with Gasteiger partial charge in [-0.2, -0.15) is 0 Å². The molecule has 0 saturated carbocycles. The fraction of sp³-hybridized carbons (Fsp3) is 0.875. The predicted molar refractivity (Wildman–Crippen MR) is 46.4 cm³/mol. The zero-order chi connectivity index (χ0) is 8.69. The van der Waals surface area contributed by atoms with Gasteiger partial charge in [0.2, 0.25) is 5.91 Å². The largest absolute Gasteiger partial charge is 0.356 e. The zero-order valence-electron chi connectivity index (χ0n) is 7.61. The van der Waals surface area contributed by atoms with Crippen molar-refractivity contribution in [2.45, 2.75) is 32.7 Å². The number of amides is 1. The number of nitrogens with one attached hydrogen (secondary N) is 2. The van der Waals surface area contributed by atoms with Crippen LogP contribution in [0.4, 0.5) is 0 Å². The van der Waals surface area contributed by atoms with E-state index in [1.807, 2.05) is 14.0 Å². The molecule has 66 valence electrons. The topological polar surface area (TPSA) is 41.1 Å². The first kappa shape index (κ1) is 10.4. The molecular weight excluding hydrogens is 140 g/mol. The Morgan fingerprint density at radius 1 is 1.45 bits per heavy atom. The molecule has 0 heterocycles. The van der Waals surface area contributed by atoms with Crippen LogP contribution in [0.5, 0.6) is 0 Å². The molecule has 0 aromatic heterocycles. The lowest BCUT2D eigenvalue weighted by Crippen LogP contribution is -2.33. The summed E-state index contributed by atoms with van der Waals surface area (Å²) in [5.41, 5.74) is 0. The monoisotopic (exact) mass is 158 g/mol. The van der Waals surface area contributed by atoms with Crippen LogP contribution in [0.15, 0.2) is 0 Å². The van der Waals surface area contributed by atoms with Gasteiger partial charge in [0.15, 0.2) is 0 Å². The number of rotatable bonds is 5. The number of carbonyl (C=O) groups excluding carboxylic acids is 1. The Morgan fingerprint density at radius 2 is 2.09 bits per heavy atom. The van der Waals surface area contributed by atoms with Crippen LogP contribution in [-0.4, -0.2) is 25.5 Å². The third-order valence-electron chi connectivity index (χ3n) is 1.71. The molecule has 1 atom stereocenters. The summed E-state index contributed by atoms with van der Waals surface area (Å²) in [6, 6.07) is 0.321. The molecule has 0 spiro atoms. The molecule has 11 heavy (non-hydrogen) atoms. The maximum atomic E-state index is 11.0. The van der Waals surface area contributed by atoms with E-state index < -0.39 is 0 Å². The van der Waals surface area contributed by atoms with Crippen molar-refractivity contribution in [3.8, 4) is 0 Å². The van der Waals surface area contributed by atoms with E-state index in [4.69, 9.17) is 0 Å². The lowest BCUT2D eigenvalue weighted by atomic mass is 10.1. The number of hydrogen-bond donors (Lipinski definition) is 2. The summed E-state index contributed by atoms with van der Waals surface area (Å²) in [7, 11) is 1.88. The maximum absolute atomic E-state index is 11.0. The smallest absolute Gasteiger partial charge is 0.221 e. The van der Waals surface area contributed by atoms with Gasteiger partial charge >= 0.3 is 0 Å². The second kappa shape index (κ2) is 6.16. The van der Waals surface area contributed by atoms with Crippen molar-refractivity contribution >= 4 is 5.91 Å². The summed E-state index contributed by atoms with van der Waals surface area (Å²) in [6.45, 7) is 4.72. The van der Waals surface area contributed by atoms with Crippen molar-refractivity contribution in [2.24, 2.45) is 0 Å². The minimum Gasteiger partial charge on any atom is -0.356 e. The second-order valence-electron chi connectivity index (χ2n) is 2.55. The molecule has 2 N–H and O–H groups in total. The molecule has 0 aliphatic rings. The van der Waals surface area contributed by atoms with E-state index in [9.17, 15) is 4.79 Å².